The SMILES string of the molecule is O=C(O)Cc1nc2c(c(=O)[nH]1)CCS(=O)(=O)C2. The quantitative estimate of drug-likeness (QED) is 0.693. The summed E-state index contributed by atoms with van der Waals surface area (Å²) in [5.74, 6) is -1.51. The van der Waals surface area contributed by atoms with Gasteiger partial charge in [0.2, 0.25) is 0 Å². The van der Waals surface area contributed by atoms with Crippen molar-refractivity contribution in [1.29, 1.82) is 0 Å². The zero-order chi connectivity index (χ0) is 12.6. The van der Waals surface area contributed by atoms with Crippen LogP contribution in [0.1, 0.15) is 17.1 Å². The number of aromatic amines is 1. The van der Waals surface area contributed by atoms with Gasteiger partial charge in [-0.05, 0) is 6.42 Å². The first-order chi connectivity index (χ1) is 7.87. The number of aliphatic carboxylic acids is 1. The highest BCUT2D eigenvalue weighted by Crippen LogP contribution is 2.15. The molecule has 0 spiro atoms. The van der Waals surface area contributed by atoms with E-state index in [-0.39, 0.29) is 29.4 Å². The van der Waals surface area contributed by atoms with Crippen molar-refractivity contribution < 1.29 is 18.3 Å². The Hall–Kier alpha value is -1.70. The van der Waals surface area contributed by atoms with Crippen molar-refractivity contribution >= 4 is 15.8 Å². The highest BCUT2D eigenvalue weighted by atomic mass is 32.2. The molecule has 0 saturated heterocycles. The molecule has 1 aromatic heterocycles. The lowest BCUT2D eigenvalue weighted by atomic mass is 10.2. The molecule has 92 valence electrons. The van der Waals surface area contributed by atoms with Gasteiger partial charge in [0.1, 0.15) is 12.2 Å². The van der Waals surface area contributed by atoms with E-state index < -0.39 is 27.8 Å². The van der Waals surface area contributed by atoms with Crippen LogP contribution in [0.15, 0.2) is 4.79 Å². The Morgan fingerprint density at radius 1 is 1.47 bits per heavy atom. The number of H-pyrrole nitrogens is 1. The van der Waals surface area contributed by atoms with Gasteiger partial charge in [0.05, 0.1) is 17.2 Å². The summed E-state index contributed by atoms with van der Waals surface area (Å²) < 4.78 is 22.8. The molecule has 0 aliphatic carbocycles. The molecule has 0 bridgehead atoms. The first-order valence-corrected chi connectivity index (χ1v) is 6.73. The zero-order valence-electron chi connectivity index (χ0n) is 8.76. The summed E-state index contributed by atoms with van der Waals surface area (Å²) in [5.41, 5.74) is 0.0753. The predicted molar refractivity (Wildman–Crippen MR) is 57.4 cm³/mol. The molecule has 7 nitrogen and oxygen atoms in total. The molecule has 2 heterocycles. The number of fused-ring (bicyclic) bond motifs is 1. The molecule has 17 heavy (non-hydrogen) atoms. The molecule has 0 saturated carbocycles. The van der Waals surface area contributed by atoms with Gasteiger partial charge in [0.25, 0.3) is 5.56 Å². The number of aromatic nitrogens is 2. The van der Waals surface area contributed by atoms with Crippen molar-refractivity contribution in [1.82, 2.24) is 9.97 Å². The van der Waals surface area contributed by atoms with Crippen LogP contribution < -0.4 is 5.56 Å². The molecule has 8 heteroatoms. The van der Waals surface area contributed by atoms with Crippen LogP contribution in [0.3, 0.4) is 0 Å². The number of carbonyl (C=O) groups is 1. The lowest BCUT2D eigenvalue weighted by Crippen LogP contribution is -2.29. The van der Waals surface area contributed by atoms with Gasteiger partial charge in [-0.2, -0.15) is 0 Å². The van der Waals surface area contributed by atoms with E-state index in [0.29, 0.717) is 5.56 Å². The van der Waals surface area contributed by atoms with Gasteiger partial charge >= 0.3 is 5.97 Å². The molecule has 1 aromatic rings. The molecule has 0 radical (unpaired) electrons. The Morgan fingerprint density at radius 3 is 2.82 bits per heavy atom. The van der Waals surface area contributed by atoms with E-state index in [1.54, 1.807) is 0 Å². The molecule has 2 N–H and O–H groups in total. The summed E-state index contributed by atoms with van der Waals surface area (Å²) in [6.07, 6.45) is -0.296. The minimum Gasteiger partial charge on any atom is -0.481 e. The van der Waals surface area contributed by atoms with Crippen LogP contribution in [0.25, 0.3) is 0 Å². The molecular weight excluding hydrogens is 248 g/mol. The van der Waals surface area contributed by atoms with Crippen molar-refractivity contribution in [3.8, 4) is 0 Å². The fourth-order valence-corrected chi connectivity index (χ4v) is 3.05. The fourth-order valence-electron chi connectivity index (χ4n) is 1.74. The maximum Gasteiger partial charge on any atom is 0.311 e. The summed E-state index contributed by atoms with van der Waals surface area (Å²) in [6.45, 7) is 0. The lowest BCUT2D eigenvalue weighted by molar-refractivity contribution is -0.136. The molecule has 0 aromatic carbocycles. The third-order valence-corrected chi connectivity index (χ3v) is 4.03. The van der Waals surface area contributed by atoms with Gasteiger partial charge in [0, 0.05) is 5.56 Å². The number of hydrogen-bond acceptors (Lipinski definition) is 5. The van der Waals surface area contributed by atoms with E-state index in [0.717, 1.165) is 0 Å². The summed E-state index contributed by atoms with van der Waals surface area (Å²) >= 11 is 0. The average molecular weight is 258 g/mol. The second kappa shape index (κ2) is 3.95. The first-order valence-electron chi connectivity index (χ1n) is 4.90. The topological polar surface area (TPSA) is 117 Å². The number of sulfone groups is 1. The van der Waals surface area contributed by atoms with E-state index in [9.17, 15) is 18.0 Å². The van der Waals surface area contributed by atoms with Crippen LogP contribution in [-0.2, 0) is 33.2 Å². The summed E-state index contributed by atoms with van der Waals surface area (Å²) in [5, 5.41) is 8.58. The molecule has 1 aliphatic heterocycles. The Bertz CT molecular complexity index is 631. The minimum atomic E-state index is -3.22. The maximum absolute atomic E-state index is 11.6. The predicted octanol–water partition coefficient (Wildman–Crippen LogP) is -1.13. The zero-order valence-corrected chi connectivity index (χ0v) is 9.58. The van der Waals surface area contributed by atoms with Crippen LogP contribution in [0.5, 0.6) is 0 Å². The third kappa shape index (κ3) is 2.52. The van der Waals surface area contributed by atoms with Crippen LogP contribution in [0.2, 0.25) is 0 Å². The van der Waals surface area contributed by atoms with Crippen molar-refractivity contribution in [3.63, 3.8) is 0 Å². The Kier molecular flexibility index (Phi) is 2.74. The van der Waals surface area contributed by atoms with Gasteiger partial charge in [-0.25, -0.2) is 13.4 Å². The number of nitrogens with one attached hydrogen (secondary N) is 1. The summed E-state index contributed by atoms with van der Waals surface area (Å²) in [6, 6.07) is 0. The number of nitrogens with zero attached hydrogens (tertiary/aromatic N) is 1. The van der Waals surface area contributed by atoms with Gasteiger partial charge in [-0.15, -0.1) is 0 Å². The highest BCUT2D eigenvalue weighted by molar-refractivity contribution is 7.90. The molecule has 2 rings (SSSR count). The second-order valence-electron chi connectivity index (χ2n) is 3.85. The monoisotopic (exact) mass is 258 g/mol. The molecule has 0 unspecified atom stereocenters. The fraction of sp³-hybridized carbons (Fsp3) is 0.444. The molecule has 0 atom stereocenters. The van der Waals surface area contributed by atoms with E-state index in [1.807, 2.05) is 0 Å². The smallest absolute Gasteiger partial charge is 0.311 e. The van der Waals surface area contributed by atoms with Crippen molar-refractivity contribution in [2.24, 2.45) is 0 Å². The number of hydrogen-bond donors (Lipinski definition) is 2. The maximum atomic E-state index is 11.6. The van der Waals surface area contributed by atoms with Gasteiger partial charge in [-0.1, -0.05) is 0 Å². The van der Waals surface area contributed by atoms with Gasteiger partial charge < -0.3 is 10.1 Å². The van der Waals surface area contributed by atoms with Gasteiger partial charge in [0.15, 0.2) is 9.84 Å². The van der Waals surface area contributed by atoms with Crippen LogP contribution in [0, 0.1) is 0 Å². The number of carboxylic acid groups (broad SMARTS) is 1. The Balaban J connectivity index is 2.49. The summed E-state index contributed by atoms with van der Waals surface area (Å²) in [4.78, 5) is 28.3. The number of rotatable bonds is 2. The molecule has 1 aliphatic rings. The Labute approximate surface area is 96.4 Å². The third-order valence-electron chi connectivity index (χ3n) is 2.49. The van der Waals surface area contributed by atoms with E-state index in [2.05, 4.69) is 9.97 Å². The largest absolute Gasteiger partial charge is 0.481 e. The standard InChI is InChI=1S/C9H10N2O5S/c12-8(13)3-7-10-6-4-17(15,16)2-1-5(6)9(14)11-7/h1-4H2,(H,12,13)(H,10,11,14). The van der Waals surface area contributed by atoms with Crippen LogP contribution in [-0.4, -0.2) is 35.2 Å². The average Bonchev–Trinajstić information content (AvgIpc) is 2.13. The van der Waals surface area contributed by atoms with Crippen molar-refractivity contribution in [3.05, 3.63) is 27.4 Å². The van der Waals surface area contributed by atoms with Crippen LogP contribution >= 0.6 is 0 Å². The first kappa shape index (κ1) is 11.8. The Morgan fingerprint density at radius 2 is 2.18 bits per heavy atom. The second-order valence-corrected chi connectivity index (χ2v) is 6.03. The van der Waals surface area contributed by atoms with Crippen molar-refractivity contribution in [2.45, 2.75) is 18.6 Å². The van der Waals surface area contributed by atoms with E-state index in [4.69, 9.17) is 5.11 Å². The van der Waals surface area contributed by atoms with E-state index >= 15 is 0 Å². The van der Waals surface area contributed by atoms with Crippen molar-refractivity contribution in [2.75, 3.05) is 5.75 Å². The molecule has 0 fully saturated rings. The van der Waals surface area contributed by atoms with Gasteiger partial charge in [-0.3, -0.25) is 9.59 Å². The minimum absolute atomic E-state index is 0.0154. The lowest BCUT2D eigenvalue weighted by Gasteiger charge is -2.14. The van der Waals surface area contributed by atoms with E-state index in [1.165, 1.54) is 0 Å². The molecular formula is C9H10N2O5S. The normalized spacial score (nSPS) is 17.4. The molecule has 0 amide bonds. The highest BCUT2D eigenvalue weighted by Gasteiger charge is 2.25. The summed E-state index contributed by atoms with van der Waals surface area (Å²) in [7, 11) is -3.22. The number of carboxylic acids is 1. The van der Waals surface area contributed by atoms with Crippen LogP contribution in [0.4, 0.5) is 0 Å².